The Morgan fingerprint density at radius 3 is 2.48 bits per heavy atom. The van der Waals surface area contributed by atoms with Crippen molar-refractivity contribution in [3.8, 4) is 0 Å². The molecule has 0 bridgehead atoms. The smallest absolute Gasteiger partial charge is 0.249 e. The van der Waals surface area contributed by atoms with Crippen LogP contribution in [0.4, 0.5) is 11.4 Å². The Hall–Kier alpha value is -2.41. The first kappa shape index (κ1) is 21.3. The molecule has 0 aromatic heterocycles. The van der Waals surface area contributed by atoms with Gasteiger partial charge in [0.05, 0.1) is 6.54 Å². The summed E-state index contributed by atoms with van der Waals surface area (Å²) in [6.45, 7) is 9.86. The first-order valence-electron chi connectivity index (χ1n) is 10.3. The number of imide groups is 1. The van der Waals surface area contributed by atoms with E-state index >= 15 is 0 Å². The number of likely N-dealkylation sites (N-methyl/N-ethyl adjacent to an activating group) is 1. The number of amides is 2. The number of ketones is 1. The van der Waals surface area contributed by atoms with Gasteiger partial charge in [-0.1, -0.05) is 26.8 Å². The average molecular weight is 401 g/mol. The van der Waals surface area contributed by atoms with E-state index in [9.17, 15) is 14.4 Å². The topological polar surface area (TPSA) is 73.0 Å². The fraction of sp³-hybridized carbons (Fsp3) is 0.591. The molecule has 29 heavy (non-hydrogen) atoms. The summed E-state index contributed by atoms with van der Waals surface area (Å²) in [4.78, 5) is 42.4. The van der Waals surface area contributed by atoms with Crippen molar-refractivity contribution < 1.29 is 14.4 Å². The van der Waals surface area contributed by atoms with Gasteiger partial charge in [-0.3, -0.25) is 24.6 Å². The zero-order chi connectivity index (χ0) is 21.2. The Balaban J connectivity index is 1.61. The number of anilines is 2. The average Bonchev–Trinajstić information content (AvgIpc) is 2.67. The van der Waals surface area contributed by atoms with Crippen LogP contribution in [0.3, 0.4) is 0 Å². The van der Waals surface area contributed by atoms with Crippen LogP contribution in [0.5, 0.6) is 0 Å². The fourth-order valence-corrected chi connectivity index (χ4v) is 3.75. The summed E-state index contributed by atoms with van der Waals surface area (Å²) in [5.41, 5.74) is 1.78. The highest BCUT2D eigenvalue weighted by Gasteiger charge is 2.30. The van der Waals surface area contributed by atoms with Crippen molar-refractivity contribution in [2.75, 3.05) is 49.6 Å². The van der Waals surface area contributed by atoms with Gasteiger partial charge in [0.15, 0.2) is 5.78 Å². The Morgan fingerprint density at radius 1 is 1.17 bits per heavy atom. The van der Waals surface area contributed by atoms with Gasteiger partial charge in [0.25, 0.3) is 0 Å². The molecular weight excluding hydrogens is 368 g/mol. The van der Waals surface area contributed by atoms with E-state index in [2.05, 4.69) is 27.2 Å². The summed E-state index contributed by atoms with van der Waals surface area (Å²) < 4.78 is 0. The number of carbonyl (C=O) groups excluding carboxylic acids is 3. The molecule has 0 aliphatic carbocycles. The summed E-state index contributed by atoms with van der Waals surface area (Å²) in [6.07, 6.45) is 0.904. The summed E-state index contributed by atoms with van der Waals surface area (Å²) >= 11 is 0. The molecule has 2 amide bonds. The van der Waals surface area contributed by atoms with E-state index in [0.29, 0.717) is 19.4 Å². The Bertz CT molecular complexity index is 779. The highest BCUT2D eigenvalue weighted by atomic mass is 16.2. The first-order chi connectivity index (χ1) is 13.6. The molecule has 2 aliphatic heterocycles. The number of Topliss-reactive ketones (excluding diaryl/α,β-unsaturated/α-hetero) is 1. The molecule has 0 spiro atoms. The van der Waals surface area contributed by atoms with Crippen molar-refractivity contribution in [1.29, 1.82) is 0 Å². The van der Waals surface area contributed by atoms with Crippen LogP contribution in [0.1, 0.15) is 33.6 Å². The zero-order valence-electron chi connectivity index (χ0n) is 17.9. The van der Waals surface area contributed by atoms with Gasteiger partial charge in [-0.2, -0.15) is 0 Å². The number of carbonyl (C=O) groups is 3. The molecule has 7 heteroatoms. The van der Waals surface area contributed by atoms with Crippen LogP contribution >= 0.6 is 0 Å². The van der Waals surface area contributed by atoms with E-state index in [1.165, 1.54) is 0 Å². The highest BCUT2D eigenvalue weighted by molar-refractivity contribution is 6.01. The number of rotatable bonds is 5. The molecule has 0 saturated carbocycles. The molecule has 1 N–H and O–H groups in total. The van der Waals surface area contributed by atoms with Gasteiger partial charge >= 0.3 is 0 Å². The van der Waals surface area contributed by atoms with Crippen molar-refractivity contribution in [2.24, 2.45) is 5.41 Å². The highest BCUT2D eigenvalue weighted by Crippen LogP contribution is 2.26. The standard InChI is InChI=1S/C22H32N4O3/c1-22(2,3)19(27)15-25-10-12-26(13-11-25)17-7-5-6-16(14-17)24(4)18-8-9-20(28)23-21(18)29/h5-7,14,18H,8-13,15H2,1-4H3,(H,23,28,29)/t18-/m0/s1. The number of piperazine rings is 1. The largest absolute Gasteiger partial charge is 0.369 e. The van der Waals surface area contributed by atoms with E-state index in [4.69, 9.17) is 0 Å². The Kier molecular flexibility index (Phi) is 6.27. The lowest BCUT2D eigenvalue weighted by Crippen LogP contribution is -2.51. The Morgan fingerprint density at radius 2 is 1.86 bits per heavy atom. The molecule has 1 aromatic rings. The van der Waals surface area contributed by atoms with Crippen LogP contribution in [0.25, 0.3) is 0 Å². The molecule has 3 rings (SSSR count). The van der Waals surface area contributed by atoms with Gasteiger partial charge in [-0.05, 0) is 24.6 Å². The van der Waals surface area contributed by atoms with Gasteiger partial charge in [-0.15, -0.1) is 0 Å². The minimum absolute atomic E-state index is 0.198. The fourth-order valence-electron chi connectivity index (χ4n) is 3.75. The van der Waals surface area contributed by atoms with E-state index in [1.807, 2.05) is 44.9 Å². The van der Waals surface area contributed by atoms with E-state index in [-0.39, 0.29) is 29.1 Å². The van der Waals surface area contributed by atoms with E-state index < -0.39 is 0 Å². The second-order valence-corrected chi connectivity index (χ2v) is 9.03. The number of nitrogens with one attached hydrogen (secondary N) is 1. The monoisotopic (exact) mass is 400 g/mol. The number of piperidine rings is 1. The van der Waals surface area contributed by atoms with Gasteiger partial charge in [0, 0.05) is 56.4 Å². The summed E-state index contributed by atoms with van der Waals surface area (Å²) in [5.74, 6) is -0.152. The first-order valence-corrected chi connectivity index (χ1v) is 10.3. The lowest BCUT2D eigenvalue weighted by atomic mass is 9.90. The lowest BCUT2D eigenvalue weighted by Gasteiger charge is -2.37. The van der Waals surface area contributed by atoms with Crippen molar-refractivity contribution in [3.63, 3.8) is 0 Å². The predicted molar refractivity (Wildman–Crippen MR) is 114 cm³/mol. The van der Waals surface area contributed by atoms with E-state index in [1.54, 1.807) is 0 Å². The maximum Gasteiger partial charge on any atom is 0.249 e. The second-order valence-electron chi connectivity index (χ2n) is 9.03. The lowest BCUT2D eigenvalue weighted by molar-refractivity contribution is -0.134. The number of benzene rings is 1. The number of hydrogen-bond acceptors (Lipinski definition) is 6. The molecule has 0 unspecified atom stereocenters. The molecule has 2 aliphatic rings. The number of nitrogens with zero attached hydrogens (tertiary/aromatic N) is 3. The van der Waals surface area contributed by atoms with Crippen LogP contribution in [-0.2, 0) is 14.4 Å². The van der Waals surface area contributed by atoms with Crippen LogP contribution < -0.4 is 15.1 Å². The van der Waals surface area contributed by atoms with Crippen molar-refractivity contribution in [3.05, 3.63) is 24.3 Å². The van der Waals surface area contributed by atoms with Crippen LogP contribution in [0.15, 0.2) is 24.3 Å². The summed E-state index contributed by atoms with van der Waals surface area (Å²) in [7, 11) is 1.90. The third-order valence-corrected chi connectivity index (χ3v) is 5.86. The van der Waals surface area contributed by atoms with Crippen LogP contribution in [-0.4, -0.2) is 68.3 Å². The van der Waals surface area contributed by atoms with Gasteiger partial charge in [-0.25, -0.2) is 0 Å². The molecule has 158 valence electrons. The summed E-state index contributed by atoms with van der Waals surface area (Å²) in [6, 6.07) is 7.84. The number of hydrogen-bond donors (Lipinski definition) is 1. The quantitative estimate of drug-likeness (QED) is 0.758. The molecular formula is C22H32N4O3. The van der Waals surface area contributed by atoms with Gasteiger partial charge in [0.1, 0.15) is 6.04 Å². The van der Waals surface area contributed by atoms with Crippen molar-refractivity contribution in [2.45, 2.75) is 39.7 Å². The molecule has 0 radical (unpaired) electrons. The van der Waals surface area contributed by atoms with Crippen LogP contribution in [0, 0.1) is 5.41 Å². The third-order valence-electron chi connectivity index (χ3n) is 5.86. The molecule has 1 aromatic carbocycles. The van der Waals surface area contributed by atoms with Crippen molar-refractivity contribution in [1.82, 2.24) is 10.2 Å². The second kappa shape index (κ2) is 8.53. The van der Waals surface area contributed by atoms with E-state index in [0.717, 1.165) is 37.6 Å². The summed E-state index contributed by atoms with van der Waals surface area (Å²) in [5, 5.41) is 2.43. The molecule has 2 saturated heterocycles. The van der Waals surface area contributed by atoms with Crippen LogP contribution in [0.2, 0.25) is 0 Å². The molecule has 2 heterocycles. The predicted octanol–water partition coefficient (Wildman–Crippen LogP) is 1.67. The molecule has 1 atom stereocenters. The van der Waals surface area contributed by atoms with Gasteiger partial charge in [0.2, 0.25) is 11.8 Å². The normalized spacial score (nSPS) is 21.1. The van der Waals surface area contributed by atoms with Gasteiger partial charge < -0.3 is 9.80 Å². The third kappa shape index (κ3) is 5.15. The van der Waals surface area contributed by atoms with Crippen molar-refractivity contribution >= 4 is 29.0 Å². The minimum atomic E-state index is -0.330. The maximum atomic E-state index is 12.3. The molecule has 7 nitrogen and oxygen atoms in total. The SMILES string of the molecule is CN(c1cccc(N2CCN(CC(=O)C(C)(C)C)CC2)c1)[C@H]1CCC(=O)NC1=O. The minimum Gasteiger partial charge on any atom is -0.369 e. The molecule has 2 fully saturated rings. The Labute approximate surface area is 173 Å². The zero-order valence-corrected chi connectivity index (χ0v) is 17.9. The maximum absolute atomic E-state index is 12.3.